The van der Waals surface area contributed by atoms with E-state index in [-0.39, 0.29) is 24.3 Å². The van der Waals surface area contributed by atoms with Gasteiger partial charge in [0.2, 0.25) is 11.8 Å². The average molecular weight is 320 g/mol. The van der Waals surface area contributed by atoms with Crippen LogP contribution in [-0.2, 0) is 20.8 Å². The van der Waals surface area contributed by atoms with Crippen molar-refractivity contribution in [3.05, 3.63) is 35.4 Å². The van der Waals surface area contributed by atoms with E-state index in [0.717, 1.165) is 0 Å². The zero-order valence-corrected chi connectivity index (χ0v) is 12.1. The quantitative estimate of drug-likeness (QED) is 0.572. The summed E-state index contributed by atoms with van der Waals surface area (Å²) < 4.78 is 0. The summed E-state index contributed by atoms with van der Waals surface area (Å²) in [6, 6.07) is 3.88. The number of carboxylic acids is 2. The van der Waals surface area contributed by atoms with Gasteiger partial charge in [-0.2, -0.15) is 0 Å². The number of nitrogens with one attached hydrogen (secondary N) is 2. The lowest BCUT2D eigenvalue weighted by molar-refractivity contribution is -0.142. The van der Waals surface area contributed by atoms with E-state index in [9.17, 15) is 24.3 Å². The van der Waals surface area contributed by atoms with Gasteiger partial charge >= 0.3 is 11.9 Å². The zero-order chi connectivity index (χ0) is 17.0. The summed E-state index contributed by atoms with van der Waals surface area (Å²) in [7, 11) is 0. The van der Waals surface area contributed by atoms with Crippen molar-refractivity contribution in [1.82, 2.24) is 10.6 Å². The second-order valence-electron chi connectivity index (χ2n) is 5.26. The molecule has 23 heavy (non-hydrogen) atoms. The Morgan fingerprint density at radius 3 is 2.35 bits per heavy atom. The molecular formula is C15H16N2O6. The van der Waals surface area contributed by atoms with Crippen molar-refractivity contribution in [3.63, 3.8) is 0 Å². The Labute approximate surface area is 131 Å². The Morgan fingerprint density at radius 2 is 1.87 bits per heavy atom. The van der Waals surface area contributed by atoms with Crippen LogP contribution in [0.15, 0.2) is 24.3 Å². The van der Waals surface area contributed by atoms with Crippen LogP contribution in [0.25, 0.3) is 0 Å². The van der Waals surface area contributed by atoms with E-state index in [1.165, 1.54) is 24.3 Å². The molecule has 8 nitrogen and oxygen atoms in total. The lowest BCUT2D eigenvalue weighted by atomic mass is 10.0. The largest absolute Gasteiger partial charge is 0.480 e. The van der Waals surface area contributed by atoms with Crippen LogP contribution in [0.3, 0.4) is 0 Å². The fourth-order valence-electron chi connectivity index (χ4n) is 2.30. The van der Waals surface area contributed by atoms with Crippen LogP contribution in [0.5, 0.6) is 0 Å². The van der Waals surface area contributed by atoms with E-state index in [4.69, 9.17) is 5.11 Å². The minimum atomic E-state index is -1.20. The van der Waals surface area contributed by atoms with Gasteiger partial charge in [-0.05, 0) is 24.1 Å². The zero-order valence-electron chi connectivity index (χ0n) is 12.1. The molecule has 1 aromatic carbocycles. The van der Waals surface area contributed by atoms with Crippen molar-refractivity contribution in [1.29, 1.82) is 0 Å². The molecule has 1 heterocycles. The predicted molar refractivity (Wildman–Crippen MR) is 77.8 cm³/mol. The lowest BCUT2D eigenvalue weighted by Gasteiger charge is -2.17. The van der Waals surface area contributed by atoms with Gasteiger partial charge in [0, 0.05) is 12.8 Å². The summed E-state index contributed by atoms with van der Waals surface area (Å²) >= 11 is 0. The van der Waals surface area contributed by atoms with Crippen LogP contribution in [0, 0.1) is 0 Å². The summed E-state index contributed by atoms with van der Waals surface area (Å²) in [5.41, 5.74) is 0.677. The van der Waals surface area contributed by atoms with Gasteiger partial charge in [-0.15, -0.1) is 0 Å². The first-order valence-electron chi connectivity index (χ1n) is 7.01. The molecule has 2 atom stereocenters. The maximum atomic E-state index is 12.0. The highest BCUT2D eigenvalue weighted by molar-refractivity contribution is 5.93. The Bertz CT molecular complexity index is 640. The van der Waals surface area contributed by atoms with Gasteiger partial charge in [0.1, 0.15) is 12.1 Å². The van der Waals surface area contributed by atoms with Crippen LogP contribution < -0.4 is 10.6 Å². The number of amides is 2. The van der Waals surface area contributed by atoms with Crippen molar-refractivity contribution >= 4 is 23.8 Å². The topological polar surface area (TPSA) is 133 Å². The number of hydrogen-bond donors (Lipinski definition) is 4. The lowest BCUT2D eigenvalue weighted by Crippen LogP contribution is -2.49. The molecule has 2 amide bonds. The molecule has 1 aliphatic rings. The Hall–Kier alpha value is -2.90. The predicted octanol–water partition coefficient (Wildman–Crippen LogP) is -0.225. The molecule has 4 N–H and O–H groups in total. The smallest absolute Gasteiger partial charge is 0.335 e. The van der Waals surface area contributed by atoms with Gasteiger partial charge in [-0.1, -0.05) is 12.1 Å². The fourth-order valence-corrected chi connectivity index (χ4v) is 2.30. The number of rotatable bonds is 6. The van der Waals surface area contributed by atoms with Gasteiger partial charge in [0.15, 0.2) is 0 Å². The van der Waals surface area contributed by atoms with Gasteiger partial charge in [0.25, 0.3) is 0 Å². The third-order valence-electron chi connectivity index (χ3n) is 3.57. The van der Waals surface area contributed by atoms with E-state index in [0.29, 0.717) is 12.0 Å². The maximum absolute atomic E-state index is 12.0. The molecular weight excluding hydrogens is 304 g/mol. The highest BCUT2D eigenvalue weighted by Gasteiger charge is 2.30. The van der Waals surface area contributed by atoms with Crippen molar-refractivity contribution in [3.8, 4) is 0 Å². The van der Waals surface area contributed by atoms with Crippen LogP contribution in [-0.4, -0.2) is 46.0 Å². The van der Waals surface area contributed by atoms with E-state index < -0.39 is 29.9 Å². The fraction of sp³-hybridized carbons (Fsp3) is 0.333. The normalized spacial score (nSPS) is 18.1. The molecule has 0 aliphatic carbocycles. The molecule has 0 aromatic heterocycles. The number of hydrogen-bond acceptors (Lipinski definition) is 4. The monoisotopic (exact) mass is 320 g/mol. The van der Waals surface area contributed by atoms with Gasteiger partial charge in [0.05, 0.1) is 5.56 Å². The van der Waals surface area contributed by atoms with Crippen molar-refractivity contribution in [2.75, 3.05) is 0 Å². The number of aromatic carboxylic acids is 1. The van der Waals surface area contributed by atoms with Crippen molar-refractivity contribution in [2.24, 2.45) is 0 Å². The van der Waals surface area contributed by atoms with E-state index in [1.54, 1.807) is 0 Å². The SMILES string of the molecule is O=C1CC[C@H](C(=O)N[C@H](Cc2ccc(C(=O)O)cc2)C(=O)O)N1. The Morgan fingerprint density at radius 1 is 1.22 bits per heavy atom. The van der Waals surface area contributed by atoms with Crippen LogP contribution in [0.2, 0.25) is 0 Å². The third kappa shape index (κ3) is 4.29. The second kappa shape index (κ2) is 6.91. The molecule has 8 heteroatoms. The molecule has 0 spiro atoms. The number of carboxylic acid groups (broad SMARTS) is 2. The highest BCUT2D eigenvalue weighted by atomic mass is 16.4. The second-order valence-corrected chi connectivity index (χ2v) is 5.26. The summed E-state index contributed by atoms with van der Waals surface area (Å²) in [5, 5.41) is 22.9. The highest BCUT2D eigenvalue weighted by Crippen LogP contribution is 2.10. The first-order chi connectivity index (χ1) is 10.9. The van der Waals surface area contributed by atoms with Crippen LogP contribution >= 0.6 is 0 Å². The van der Waals surface area contributed by atoms with Crippen molar-refractivity contribution in [2.45, 2.75) is 31.3 Å². The Kier molecular flexibility index (Phi) is 4.95. The van der Waals surface area contributed by atoms with Crippen molar-refractivity contribution < 1.29 is 29.4 Å². The number of aliphatic carboxylic acids is 1. The van der Waals surface area contributed by atoms with Gasteiger partial charge in [-0.3, -0.25) is 9.59 Å². The molecule has 0 saturated carbocycles. The summed E-state index contributed by atoms with van der Waals surface area (Å²) in [6.45, 7) is 0. The Balaban J connectivity index is 2.01. The van der Waals surface area contributed by atoms with E-state index in [2.05, 4.69) is 10.6 Å². The standard InChI is InChI=1S/C15H16N2O6/c18-12-6-5-10(16-12)13(19)17-11(15(22)23)7-8-1-3-9(4-2-8)14(20)21/h1-4,10-11H,5-7H2,(H,16,18)(H,17,19)(H,20,21)(H,22,23)/t10-,11-/m1/s1. The average Bonchev–Trinajstić information content (AvgIpc) is 2.93. The minimum absolute atomic E-state index is 0.0155. The maximum Gasteiger partial charge on any atom is 0.335 e. The van der Waals surface area contributed by atoms with Crippen LogP contribution in [0.1, 0.15) is 28.8 Å². The molecule has 0 unspecified atom stereocenters. The van der Waals surface area contributed by atoms with Gasteiger partial charge < -0.3 is 20.8 Å². The number of carbonyl (C=O) groups is 4. The number of carbonyl (C=O) groups excluding carboxylic acids is 2. The molecule has 0 bridgehead atoms. The molecule has 1 fully saturated rings. The van der Waals surface area contributed by atoms with E-state index >= 15 is 0 Å². The molecule has 2 rings (SSSR count). The first kappa shape index (κ1) is 16.5. The van der Waals surface area contributed by atoms with E-state index in [1.807, 2.05) is 0 Å². The first-order valence-corrected chi connectivity index (χ1v) is 7.01. The number of benzene rings is 1. The molecule has 1 aliphatic heterocycles. The minimum Gasteiger partial charge on any atom is -0.480 e. The third-order valence-corrected chi connectivity index (χ3v) is 3.57. The summed E-state index contributed by atoms with van der Waals surface area (Å²) in [5.74, 6) is -3.05. The van der Waals surface area contributed by atoms with Crippen LogP contribution in [0.4, 0.5) is 0 Å². The van der Waals surface area contributed by atoms with Gasteiger partial charge in [-0.25, -0.2) is 9.59 Å². The molecule has 1 saturated heterocycles. The summed E-state index contributed by atoms with van der Waals surface area (Å²) in [6.07, 6.45) is 0.596. The molecule has 1 aromatic rings. The molecule has 122 valence electrons. The molecule has 0 radical (unpaired) electrons. The summed E-state index contributed by atoms with van der Waals surface area (Å²) in [4.78, 5) is 45.1.